The number of ether oxygens (including phenoxy) is 3. The van der Waals surface area contributed by atoms with E-state index in [4.69, 9.17) is 18.7 Å². The Bertz CT molecular complexity index is 1220. The summed E-state index contributed by atoms with van der Waals surface area (Å²) in [5.74, 6) is 0.995. The summed E-state index contributed by atoms with van der Waals surface area (Å²) in [5.41, 5.74) is 1.90. The predicted molar refractivity (Wildman–Crippen MR) is 135 cm³/mol. The molecule has 0 N–H and O–H groups in total. The van der Waals surface area contributed by atoms with E-state index in [2.05, 4.69) is 35.4 Å². The number of hydrogen-bond acceptors (Lipinski definition) is 8. The Hall–Kier alpha value is -3.38. The molecule has 3 aromatic rings. The summed E-state index contributed by atoms with van der Waals surface area (Å²) in [6, 6.07) is 15.7. The highest BCUT2D eigenvalue weighted by molar-refractivity contribution is 7.67. The van der Waals surface area contributed by atoms with Crippen molar-refractivity contribution < 1.29 is 23.3 Å². The first-order valence-electron chi connectivity index (χ1n) is 11.8. The number of rotatable bonds is 12. The Balaban J connectivity index is 1.42. The van der Waals surface area contributed by atoms with Crippen LogP contribution < -0.4 is 24.0 Å². The molecule has 0 aliphatic carbocycles. The molecule has 2 unspecified atom stereocenters. The fourth-order valence-electron chi connectivity index (χ4n) is 3.56. The number of hydrogen-bond donors (Lipinski definition) is 0. The fraction of sp³-hybridized carbons (Fsp3) is 0.346. The zero-order chi connectivity index (χ0) is 24.7. The van der Waals surface area contributed by atoms with Gasteiger partial charge in [0.25, 0.3) is 7.37 Å². The molecule has 35 heavy (non-hydrogen) atoms. The molecular weight excluding hydrogens is 465 g/mol. The molecule has 2 aromatic carbocycles. The van der Waals surface area contributed by atoms with Crippen molar-refractivity contribution in [2.24, 2.45) is 5.92 Å². The first-order valence-corrected chi connectivity index (χ1v) is 13.6. The maximum absolute atomic E-state index is 13.9. The molecule has 0 fully saturated rings. The van der Waals surface area contributed by atoms with Crippen molar-refractivity contribution in [3.05, 3.63) is 61.2 Å². The van der Waals surface area contributed by atoms with Crippen molar-refractivity contribution in [1.82, 2.24) is 15.0 Å². The second-order valence-electron chi connectivity index (χ2n) is 8.31. The average Bonchev–Trinajstić information content (AvgIpc) is 2.89. The highest BCUT2D eigenvalue weighted by Gasteiger charge is 2.35. The van der Waals surface area contributed by atoms with Crippen LogP contribution in [0.5, 0.6) is 23.8 Å². The van der Waals surface area contributed by atoms with Gasteiger partial charge in [-0.3, -0.25) is 4.57 Å². The Morgan fingerprint density at radius 3 is 2.37 bits per heavy atom. The van der Waals surface area contributed by atoms with E-state index in [9.17, 15) is 4.57 Å². The van der Waals surface area contributed by atoms with E-state index in [1.807, 2.05) is 48.5 Å². The molecule has 0 saturated carbocycles. The first-order chi connectivity index (χ1) is 17.0. The van der Waals surface area contributed by atoms with Crippen LogP contribution in [0.4, 0.5) is 0 Å². The Labute approximate surface area is 205 Å². The fourth-order valence-corrected chi connectivity index (χ4v) is 5.89. The monoisotopic (exact) mass is 495 g/mol. The lowest BCUT2D eigenvalue weighted by atomic mass is 10.0. The number of para-hydroxylation sites is 1. The molecule has 0 radical (unpaired) electrons. The van der Waals surface area contributed by atoms with Crippen LogP contribution in [0.15, 0.2) is 61.2 Å². The number of aromatic nitrogens is 3. The summed E-state index contributed by atoms with van der Waals surface area (Å²) in [4.78, 5) is 12.6. The van der Waals surface area contributed by atoms with Crippen LogP contribution in [0.25, 0.3) is 11.1 Å². The summed E-state index contributed by atoms with van der Waals surface area (Å²) < 4.78 is 36.8. The van der Waals surface area contributed by atoms with Crippen LogP contribution in [0.3, 0.4) is 0 Å². The molecule has 0 amide bonds. The quantitative estimate of drug-likeness (QED) is 0.190. The zero-order valence-electron chi connectivity index (χ0n) is 20.1. The number of fused-ring (bicyclic) bond motifs is 3. The minimum atomic E-state index is -3.11. The van der Waals surface area contributed by atoms with E-state index < -0.39 is 7.37 Å². The van der Waals surface area contributed by atoms with Crippen molar-refractivity contribution in [1.29, 1.82) is 0 Å². The number of nitrogens with zero attached hydrogens (tertiary/aromatic N) is 3. The van der Waals surface area contributed by atoms with Gasteiger partial charge in [0, 0.05) is 11.7 Å². The number of benzene rings is 2. The van der Waals surface area contributed by atoms with Crippen LogP contribution in [-0.4, -0.2) is 40.9 Å². The topological polar surface area (TPSA) is 92.7 Å². The summed E-state index contributed by atoms with van der Waals surface area (Å²) in [5, 5.41) is 0.736. The lowest BCUT2D eigenvalue weighted by molar-refractivity contribution is 0.217. The van der Waals surface area contributed by atoms with E-state index in [1.165, 1.54) is 0 Å². The van der Waals surface area contributed by atoms with E-state index in [1.54, 1.807) is 6.08 Å². The van der Waals surface area contributed by atoms with Gasteiger partial charge in [0.15, 0.2) is 0 Å². The third-order valence-corrected chi connectivity index (χ3v) is 8.14. The molecule has 4 rings (SSSR count). The molecule has 1 aliphatic rings. The lowest BCUT2D eigenvalue weighted by Crippen LogP contribution is -2.20. The highest BCUT2D eigenvalue weighted by Crippen LogP contribution is 2.54. The summed E-state index contributed by atoms with van der Waals surface area (Å²) in [6.07, 6.45) is 3.37. The Morgan fingerprint density at radius 2 is 1.63 bits per heavy atom. The van der Waals surface area contributed by atoms with Gasteiger partial charge in [-0.25, -0.2) is 0 Å². The van der Waals surface area contributed by atoms with Crippen molar-refractivity contribution >= 4 is 12.7 Å². The molecule has 0 bridgehead atoms. The molecular formula is C26H30N3O5P. The van der Waals surface area contributed by atoms with E-state index in [0.717, 1.165) is 22.9 Å². The summed E-state index contributed by atoms with van der Waals surface area (Å²) >= 11 is 0. The normalized spacial score (nSPS) is 16.9. The van der Waals surface area contributed by atoms with Crippen molar-refractivity contribution in [2.45, 2.75) is 26.7 Å². The Kier molecular flexibility index (Phi) is 8.03. The largest absolute Gasteiger partial charge is 0.463 e. The molecule has 2 heterocycles. The minimum absolute atomic E-state index is 0.0896. The SMILES string of the molecule is C=CCOc1nc(OCCCP2(=O)Oc3ccccc3-c3ccccc32)nc(OCC(C)CC)n1. The molecule has 0 saturated heterocycles. The second kappa shape index (κ2) is 11.4. The first kappa shape index (κ1) is 24.7. The van der Waals surface area contributed by atoms with Gasteiger partial charge in [-0.05, 0) is 30.0 Å². The average molecular weight is 496 g/mol. The van der Waals surface area contributed by atoms with E-state index in [-0.39, 0.29) is 31.2 Å². The molecule has 9 heteroatoms. The second-order valence-corrected chi connectivity index (χ2v) is 10.8. The van der Waals surface area contributed by atoms with Crippen LogP contribution in [0, 0.1) is 5.92 Å². The van der Waals surface area contributed by atoms with Crippen LogP contribution in [0.1, 0.15) is 26.7 Å². The maximum Gasteiger partial charge on any atom is 0.326 e. The third-order valence-electron chi connectivity index (χ3n) is 5.62. The van der Waals surface area contributed by atoms with Gasteiger partial charge in [-0.2, -0.15) is 0 Å². The molecule has 1 aliphatic heterocycles. The van der Waals surface area contributed by atoms with Crippen LogP contribution >= 0.6 is 7.37 Å². The molecule has 8 nitrogen and oxygen atoms in total. The summed E-state index contributed by atoms with van der Waals surface area (Å²) in [7, 11) is -3.11. The maximum atomic E-state index is 13.9. The van der Waals surface area contributed by atoms with Gasteiger partial charge in [-0.15, -0.1) is 15.0 Å². The van der Waals surface area contributed by atoms with Crippen molar-refractivity contribution in [3.63, 3.8) is 0 Å². The van der Waals surface area contributed by atoms with Gasteiger partial charge >= 0.3 is 18.0 Å². The van der Waals surface area contributed by atoms with Crippen molar-refractivity contribution in [2.75, 3.05) is 26.0 Å². The van der Waals surface area contributed by atoms with Gasteiger partial charge in [0.2, 0.25) is 0 Å². The molecule has 1 aromatic heterocycles. The zero-order valence-corrected chi connectivity index (χ0v) is 20.9. The standard InChI is InChI=1S/C26H30N3O5P/c1-4-15-31-24-27-25(29-26(28-24)33-18-19(3)5-2)32-16-10-17-35(30)23-14-9-7-12-21(23)20-11-6-8-13-22(20)34-35/h4,6-9,11-14,19H,1,5,10,15-18H2,2-3H3. The lowest BCUT2D eigenvalue weighted by Gasteiger charge is -2.28. The van der Waals surface area contributed by atoms with Gasteiger partial charge < -0.3 is 18.7 Å². The van der Waals surface area contributed by atoms with E-state index >= 15 is 0 Å². The predicted octanol–water partition coefficient (Wildman–Crippen LogP) is 5.29. The van der Waals surface area contributed by atoms with Gasteiger partial charge in [0.05, 0.1) is 18.5 Å². The Morgan fingerprint density at radius 1 is 0.971 bits per heavy atom. The van der Waals surface area contributed by atoms with Gasteiger partial charge in [0.1, 0.15) is 12.4 Å². The van der Waals surface area contributed by atoms with Crippen LogP contribution in [-0.2, 0) is 4.57 Å². The van der Waals surface area contributed by atoms with Gasteiger partial charge in [-0.1, -0.05) is 69.3 Å². The third kappa shape index (κ3) is 6.01. The minimum Gasteiger partial charge on any atom is -0.463 e. The smallest absolute Gasteiger partial charge is 0.326 e. The molecule has 184 valence electrons. The van der Waals surface area contributed by atoms with E-state index in [0.29, 0.717) is 30.9 Å². The summed E-state index contributed by atoms with van der Waals surface area (Å²) in [6.45, 7) is 8.77. The molecule has 2 atom stereocenters. The van der Waals surface area contributed by atoms with Crippen molar-refractivity contribution in [3.8, 4) is 34.9 Å². The molecule has 0 spiro atoms. The van der Waals surface area contributed by atoms with Crippen LogP contribution in [0.2, 0.25) is 0 Å². The highest BCUT2D eigenvalue weighted by atomic mass is 31.2.